The topological polar surface area (TPSA) is 26.0 Å². The van der Waals surface area contributed by atoms with Crippen LogP contribution < -0.4 is 5.73 Å². The summed E-state index contributed by atoms with van der Waals surface area (Å²) in [5.41, 5.74) is 8.44. The molecule has 0 radical (unpaired) electrons. The quantitative estimate of drug-likeness (QED) is 0.609. The first-order chi connectivity index (χ1) is 7.08. The molecule has 2 heteroatoms. The summed E-state index contributed by atoms with van der Waals surface area (Å²) in [4.78, 5) is 1.30. The number of thioether (sulfide) groups is 1. The minimum atomic E-state index is 0.216. The van der Waals surface area contributed by atoms with Crippen LogP contribution in [0.5, 0.6) is 0 Å². The number of benzene rings is 1. The summed E-state index contributed by atoms with van der Waals surface area (Å²) in [6.45, 7) is 8.01. The van der Waals surface area contributed by atoms with Crippen LogP contribution in [0.3, 0.4) is 0 Å². The van der Waals surface area contributed by atoms with Gasteiger partial charge in [0.1, 0.15) is 0 Å². The molecule has 0 saturated carbocycles. The second kappa shape index (κ2) is 5.99. The molecule has 1 nitrogen and oxygen atoms in total. The lowest BCUT2D eigenvalue weighted by molar-refractivity contribution is 0.743. The molecule has 1 aromatic carbocycles. The minimum absolute atomic E-state index is 0.216. The molecule has 0 bridgehead atoms. The Hall–Kier alpha value is -0.730. The van der Waals surface area contributed by atoms with E-state index in [2.05, 4.69) is 37.8 Å². The molecule has 0 saturated heterocycles. The summed E-state index contributed by atoms with van der Waals surface area (Å²) in [5, 5.41) is 0. The van der Waals surface area contributed by atoms with Gasteiger partial charge in [0.15, 0.2) is 0 Å². The van der Waals surface area contributed by atoms with E-state index in [1.165, 1.54) is 10.5 Å². The maximum absolute atomic E-state index is 5.98. The lowest BCUT2D eigenvalue weighted by Crippen LogP contribution is -2.22. The van der Waals surface area contributed by atoms with Gasteiger partial charge in [-0.3, -0.25) is 0 Å². The largest absolute Gasteiger partial charge is 0.327 e. The van der Waals surface area contributed by atoms with Crippen LogP contribution >= 0.6 is 11.8 Å². The molecule has 1 rings (SSSR count). The Balaban J connectivity index is 2.40. The van der Waals surface area contributed by atoms with Crippen LogP contribution in [0.2, 0.25) is 0 Å². The van der Waals surface area contributed by atoms with E-state index >= 15 is 0 Å². The zero-order chi connectivity index (χ0) is 11.3. The zero-order valence-electron chi connectivity index (χ0n) is 9.49. The van der Waals surface area contributed by atoms with E-state index in [1.807, 2.05) is 18.7 Å². The van der Waals surface area contributed by atoms with Gasteiger partial charge in [0, 0.05) is 16.7 Å². The fraction of sp³-hybridized carbons (Fsp3) is 0.385. The highest BCUT2D eigenvalue weighted by Crippen LogP contribution is 2.20. The van der Waals surface area contributed by atoms with E-state index in [0.717, 1.165) is 17.7 Å². The van der Waals surface area contributed by atoms with Crippen LogP contribution in [0.15, 0.2) is 41.3 Å². The number of rotatable bonds is 5. The van der Waals surface area contributed by atoms with Crippen LogP contribution in [0.25, 0.3) is 0 Å². The molecular weight excluding hydrogens is 202 g/mol. The number of hydrogen-bond acceptors (Lipinski definition) is 2. The molecule has 0 aliphatic rings. The van der Waals surface area contributed by atoms with E-state index in [4.69, 9.17) is 5.73 Å². The predicted molar refractivity (Wildman–Crippen MR) is 69.3 cm³/mol. The van der Waals surface area contributed by atoms with Gasteiger partial charge in [0.05, 0.1) is 0 Å². The Kier molecular flexibility index (Phi) is 4.92. The summed E-state index contributed by atoms with van der Waals surface area (Å²) < 4.78 is 0. The van der Waals surface area contributed by atoms with E-state index in [9.17, 15) is 0 Å². The Labute approximate surface area is 96.8 Å². The first kappa shape index (κ1) is 12.3. The first-order valence-electron chi connectivity index (χ1n) is 5.17. The average molecular weight is 221 g/mol. The van der Waals surface area contributed by atoms with E-state index < -0.39 is 0 Å². The van der Waals surface area contributed by atoms with Crippen molar-refractivity contribution in [3.63, 3.8) is 0 Å². The maximum atomic E-state index is 5.98. The van der Waals surface area contributed by atoms with Crippen LogP contribution in [-0.4, -0.2) is 11.8 Å². The maximum Gasteiger partial charge on any atom is 0.0171 e. The Morgan fingerprint density at radius 2 is 2.27 bits per heavy atom. The van der Waals surface area contributed by atoms with Crippen molar-refractivity contribution >= 4 is 11.8 Å². The summed E-state index contributed by atoms with van der Waals surface area (Å²) in [5.74, 6) is 0.955. The molecule has 0 fully saturated rings. The van der Waals surface area contributed by atoms with E-state index in [0.29, 0.717) is 0 Å². The van der Waals surface area contributed by atoms with Crippen molar-refractivity contribution in [3.8, 4) is 0 Å². The van der Waals surface area contributed by atoms with Crippen LogP contribution in [-0.2, 0) is 0 Å². The number of hydrogen-bond donors (Lipinski definition) is 1. The van der Waals surface area contributed by atoms with Crippen LogP contribution in [0, 0.1) is 6.92 Å². The molecule has 1 aromatic rings. The number of aryl methyl sites for hydroxylation is 1. The van der Waals surface area contributed by atoms with Gasteiger partial charge in [-0.25, -0.2) is 0 Å². The second-order valence-electron chi connectivity index (χ2n) is 4.05. The van der Waals surface area contributed by atoms with Gasteiger partial charge in [-0.1, -0.05) is 23.3 Å². The van der Waals surface area contributed by atoms with Crippen molar-refractivity contribution in [1.82, 2.24) is 0 Å². The van der Waals surface area contributed by atoms with Crippen molar-refractivity contribution in [2.75, 3.05) is 5.75 Å². The number of nitrogens with two attached hydrogens (primary N) is 1. The van der Waals surface area contributed by atoms with Crippen molar-refractivity contribution in [1.29, 1.82) is 0 Å². The molecule has 0 aromatic heterocycles. The van der Waals surface area contributed by atoms with Gasteiger partial charge in [0.25, 0.3) is 0 Å². The summed E-state index contributed by atoms with van der Waals surface area (Å²) in [6, 6.07) is 8.73. The zero-order valence-corrected chi connectivity index (χ0v) is 10.3. The molecule has 0 aliphatic carbocycles. The molecular formula is C13H19NS. The standard InChI is InChI=1S/C13H19NS/c1-10(2)7-12(14)9-15-13-6-4-5-11(3)8-13/h4-6,8,12H,1,7,9,14H2,2-3H3. The van der Waals surface area contributed by atoms with Crippen molar-refractivity contribution < 1.29 is 0 Å². The molecule has 15 heavy (non-hydrogen) atoms. The lowest BCUT2D eigenvalue weighted by Gasteiger charge is -2.10. The van der Waals surface area contributed by atoms with Gasteiger partial charge in [0.2, 0.25) is 0 Å². The van der Waals surface area contributed by atoms with Gasteiger partial charge in [-0.05, 0) is 32.4 Å². The highest BCUT2D eigenvalue weighted by Gasteiger charge is 2.03. The SMILES string of the molecule is C=C(C)CC(N)CSc1cccc(C)c1. The Morgan fingerprint density at radius 3 is 2.87 bits per heavy atom. The summed E-state index contributed by atoms with van der Waals surface area (Å²) in [7, 11) is 0. The van der Waals surface area contributed by atoms with Crippen molar-refractivity contribution in [2.45, 2.75) is 31.2 Å². The average Bonchev–Trinajstić information content (AvgIpc) is 2.14. The third-order valence-electron chi connectivity index (χ3n) is 2.06. The molecule has 0 aliphatic heterocycles. The summed E-state index contributed by atoms with van der Waals surface area (Å²) >= 11 is 1.82. The Bertz CT molecular complexity index is 333. The fourth-order valence-corrected chi connectivity index (χ4v) is 2.38. The Morgan fingerprint density at radius 1 is 1.53 bits per heavy atom. The van der Waals surface area contributed by atoms with Crippen LogP contribution in [0.4, 0.5) is 0 Å². The second-order valence-corrected chi connectivity index (χ2v) is 5.14. The van der Waals surface area contributed by atoms with E-state index in [1.54, 1.807) is 0 Å². The smallest absolute Gasteiger partial charge is 0.0171 e. The summed E-state index contributed by atoms with van der Waals surface area (Å²) in [6.07, 6.45) is 0.915. The lowest BCUT2D eigenvalue weighted by atomic mass is 10.1. The third kappa shape index (κ3) is 5.05. The molecule has 2 N–H and O–H groups in total. The minimum Gasteiger partial charge on any atom is -0.327 e. The predicted octanol–water partition coefficient (Wildman–Crippen LogP) is 3.38. The first-order valence-corrected chi connectivity index (χ1v) is 6.16. The third-order valence-corrected chi connectivity index (χ3v) is 3.25. The van der Waals surface area contributed by atoms with E-state index in [-0.39, 0.29) is 6.04 Å². The van der Waals surface area contributed by atoms with Gasteiger partial charge < -0.3 is 5.73 Å². The highest BCUT2D eigenvalue weighted by molar-refractivity contribution is 7.99. The molecule has 1 unspecified atom stereocenters. The normalized spacial score (nSPS) is 12.5. The fourth-order valence-electron chi connectivity index (χ4n) is 1.41. The highest BCUT2D eigenvalue weighted by atomic mass is 32.2. The molecule has 0 amide bonds. The molecule has 0 spiro atoms. The molecule has 1 atom stereocenters. The van der Waals surface area contributed by atoms with Gasteiger partial charge in [-0.2, -0.15) is 0 Å². The van der Waals surface area contributed by atoms with Crippen LogP contribution in [0.1, 0.15) is 18.9 Å². The molecule has 82 valence electrons. The monoisotopic (exact) mass is 221 g/mol. The molecule has 0 heterocycles. The van der Waals surface area contributed by atoms with Gasteiger partial charge >= 0.3 is 0 Å². The van der Waals surface area contributed by atoms with Crippen molar-refractivity contribution in [3.05, 3.63) is 42.0 Å². The van der Waals surface area contributed by atoms with Gasteiger partial charge in [-0.15, -0.1) is 18.3 Å². The van der Waals surface area contributed by atoms with Crippen molar-refractivity contribution in [2.24, 2.45) is 5.73 Å².